The van der Waals surface area contributed by atoms with Crippen LogP contribution in [0.5, 0.6) is 0 Å². The van der Waals surface area contributed by atoms with Crippen LogP contribution in [0, 0.1) is 10.1 Å². The number of guanidine groups is 1. The van der Waals surface area contributed by atoms with Crippen LogP contribution in [-0.2, 0) is 4.79 Å². The fourth-order valence-electron chi connectivity index (χ4n) is 2.50. The van der Waals surface area contributed by atoms with E-state index in [9.17, 15) is 19.7 Å². The molecule has 26 heavy (non-hydrogen) atoms. The van der Waals surface area contributed by atoms with Crippen LogP contribution < -0.4 is 10.6 Å². The molecule has 0 radical (unpaired) electrons. The van der Waals surface area contributed by atoms with Gasteiger partial charge in [-0.05, 0) is 23.8 Å². The first kappa shape index (κ1) is 17.6. The Morgan fingerprint density at radius 2 is 2.04 bits per heavy atom. The summed E-state index contributed by atoms with van der Waals surface area (Å²) in [6.07, 6.45) is 0.0255. The molecule has 0 spiro atoms. The second-order valence-electron chi connectivity index (χ2n) is 5.56. The maximum absolute atomic E-state index is 12.3. The molecule has 132 valence electrons. The molecule has 1 aliphatic heterocycles. The Labute approximate surface area is 153 Å². The van der Waals surface area contributed by atoms with E-state index in [4.69, 9.17) is 11.6 Å². The number of aliphatic imine (C=N–C) groups is 1. The van der Waals surface area contributed by atoms with E-state index in [0.717, 1.165) is 0 Å². The number of carbonyl (C=O) groups excluding carboxylic acids is 2. The molecule has 0 saturated heterocycles. The number of hydrogen-bond acceptors (Lipinski definition) is 5. The Bertz CT molecular complexity index is 928. The van der Waals surface area contributed by atoms with E-state index in [1.54, 1.807) is 24.3 Å². The average Bonchev–Trinajstić information content (AvgIpc) is 2.61. The summed E-state index contributed by atoms with van der Waals surface area (Å²) in [6, 6.07) is 11.6. The van der Waals surface area contributed by atoms with Gasteiger partial charge in [0.05, 0.1) is 17.4 Å². The minimum Gasteiger partial charge on any atom is -0.296 e. The van der Waals surface area contributed by atoms with Crippen molar-refractivity contribution in [3.8, 4) is 0 Å². The number of nitrogens with zero attached hydrogens (tertiary/aromatic N) is 2. The third kappa shape index (κ3) is 4.04. The van der Waals surface area contributed by atoms with Crippen LogP contribution in [0.4, 0.5) is 5.69 Å². The number of non-ortho nitro benzene ring substituents is 1. The summed E-state index contributed by atoms with van der Waals surface area (Å²) < 4.78 is 0. The molecule has 0 aromatic heterocycles. The SMILES string of the molecule is O=C1C[C@@H](c2cccc([N+](=O)[O-])c2)N=C(NC(=O)c2cccc(Cl)c2)N1. The Hall–Kier alpha value is -3.26. The van der Waals surface area contributed by atoms with Crippen molar-refractivity contribution in [3.63, 3.8) is 0 Å². The molecule has 2 N–H and O–H groups in total. The van der Waals surface area contributed by atoms with Crippen molar-refractivity contribution < 1.29 is 14.5 Å². The lowest BCUT2D eigenvalue weighted by Gasteiger charge is -2.21. The van der Waals surface area contributed by atoms with E-state index in [1.165, 1.54) is 24.3 Å². The van der Waals surface area contributed by atoms with E-state index in [1.807, 2.05) is 0 Å². The summed E-state index contributed by atoms with van der Waals surface area (Å²) in [7, 11) is 0. The summed E-state index contributed by atoms with van der Waals surface area (Å²) in [5.74, 6) is -0.841. The summed E-state index contributed by atoms with van der Waals surface area (Å²) >= 11 is 5.86. The number of nitro benzene ring substituents is 1. The topological polar surface area (TPSA) is 114 Å². The lowest BCUT2D eigenvalue weighted by Crippen LogP contribution is -2.47. The molecule has 8 nitrogen and oxygen atoms in total. The van der Waals surface area contributed by atoms with Gasteiger partial charge in [0.2, 0.25) is 11.9 Å². The van der Waals surface area contributed by atoms with E-state index in [2.05, 4.69) is 15.6 Å². The molecule has 1 atom stereocenters. The maximum Gasteiger partial charge on any atom is 0.269 e. The van der Waals surface area contributed by atoms with Gasteiger partial charge >= 0.3 is 0 Å². The fraction of sp³-hybridized carbons (Fsp3) is 0.118. The van der Waals surface area contributed by atoms with Gasteiger partial charge in [-0.15, -0.1) is 0 Å². The van der Waals surface area contributed by atoms with Gasteiger partial charge < -0.3 is 0 Å². The number of amides is 2. The number of hydrogen-bond donors (Lipinski definition) is 2. The standard InChI is InChI=1S/C17H13ClN4O4/c18-12-5-1-4-11(7-12)16(24)21-17-19-14(9-15(23)20-17)10-3-2-6-13(8-10)22(25)26/h1-8,14H,9H2,(H2,19,20,21,23,24)/t14-/m0/s1. The summed E-state index contributed by atoms with van der Waals surface area (Å²) in [5.41, 5.74) is 0.740. The molecule has 2 aromatic carbocycles. The molecular weight excluding hydrogens is 360 g/mol. The first-order valence-corrected chi connectivity index (χ1v) is 7.99. The van der Waals surface area contributed by atoms with E-state index in [-0.39, 0.29) is 24.0 Å². The van der Waals surface area contributed by atoms with Crippen LogP contribution in [0.3, 0.4) is 0 Å². The molecule has 0 saturated carbocycles. The normalized spacial score (nSPS) is 16.4. The Morgan fingerprint density at radius 3 is 2.77 bits per heavy atom. The molecule has 0 bridgehead atoms. The van der Waals surface area contributed by atoms with Crippen molar-refractivity contribution >= 4 is 35.1 Å². The first-order chi connectivity index (χ1) is 12.4. The van der Waals surface area contributed by atoms with Gasteiger partial charge in [0.1, 0.15) is 0 Å². The Balaban J connectivity index is 1.83. The molecule has 9 heteroatoms. The maximum atomic E-state index is 12.3. The first-order valence-electron chi connectivity index (χ1n) is 7.61. The monoisotopic (exact) mass is 372 g/mol. The molecule has 1 heterocycles. The molecule has 0 fully saturated rings. The quantitative estimate of drug-likeness (QED) is 0.636. The highest BCUT2D eigenvalue weighted by Gasteiger charge is 2.25. The molecule has 0 unspecified atom stereocenters. The number of benzene rings is 2. The smallest absolute Gasteiger partial charge is 0.269 e. The third-order valence-corrected chi connectivity index (χ3v) is 3.94. The summed E-state index contributed by atoms with van der Waals surface area (Å²) in [4.78, 5) is 38.9. The second kappa shape index (κ2) is 7.32. The predicted octanol–water partition coefficient (Wildman–Crippen LogP) is 2.60. The molecule has 3 rings (SSSR count). The zero-order chi connectivity index (χ0) is 18.7. The highest BCUT2D eigenvalue weighted by Crippen LogP contribution is 2.26. The molecule has 2 amide bonds. The van der Waals surface area contributed by atoms with Gasteiger partial charge in [-0.3, -0.25) is 30.3 Å². The minimum absolute atomic E-state index is 0.0114. The van der Waals surface area contributed by atoms with Crippen molar-refractivity contribution in [2.24, 2.45) is 4.99 Å². The van der Waals surface area contributed by atoms with Crippen LogP contribution in [0.2, 0.25) is 5.02 Å². The highest BCUT2D eigenvalue weighted by molar-refractivity contribution is 6.31. The fourth-order valence-corrected chi connectivity index (χ4v) is 2.69. The van der Waals surface area contributed by atoms with E-state index >= 15 is 0 Å². The van der Waals surface area contributed by atoms with Crippen LogP contribution in [0.1, 0.15) is 28.4 Å². The van der Waals surface area contributed by atoms with Crippen molar-refractivity contribution in [2.75, 3.05) is 0 Å². The minimum atomic E-state index is -0.627. The number of nitro groups is 1. The van der Waals surface area contributed by atoms with E-state index < -0.39 is 16.9 Å². The van der Waals surface area contributed by atoms with Gasteiger partial charge in [-0.1, -0.05) is 29.8 Å². The van der Waals surface area contributed by atoms with Gasteiger partial charge in [0.15, 0.2) is 0 Å². The highest BCUT2D eigenvalue weighted by atomic mass is 35.5. The predicted molar refractivity (Wildman–Crippen MR) is 95.0 cm³/mol. The molecule has 0 aliphatic carbocycles. The number of carbonyl (C=O) groups is 2. The molecule has 2 aromatic rings. The zero-order valence-electron chi connectivity index (χ0n) is 13.3. The van der Waals surface area contributed by atoms with Crippen LogP contribution in [0.25, 0.3) is 0 Å². The second-order valence-corrected chi connectivity index (χ2v) is 6.00. The Kier molecular flexibility index (Phi) is 4.94. The molecule has 1 aliphatic rings. The third-order valence-electron chi connectivity index (χ3n) is 3.71. The Morgan fingerprint density at radius 1 is 1.27 bits per heavy atom. The summed E-state index contributed by atoms with van der Waals surface area (Å²) in [5, 5.41) is 16.3. The van der Waals surface area contributed by atoms with Crippen LogP contribution in [0.15, 0.2) is 53.5 Å². The number of nitrogens with one attached hydrogen (secondary N) is 2. The lowest BCUT2D eigenvalue weighted by molar-refractivity contribution is -0.384. The van der Waals surface area contributed by atoms with Crippen LogP contribution >= 0.6 is 11.6 Å². The van der Waals surface area contributed by atoms with Crippen molar-refractivity contribution in [2.45, 2.75) is 12.5 Å². The summed E-state index contributed by atoms with van der Waals surface area (Å²) in [6.45, 7) is 0. The van der Waals surface area contributed by atoms with Crippen molar-refractivity contribution in [1.82, 2.24) is 10.6 Å². The van der Waals surface area contributed by atoms with Gasteiger partial charge in [-0.25, -0.2) is 4.99 Å². The molecular formula is C17H13ClN4O4. The van der Waals surface area contributed by atoms with Gasteiger partial charge in [0.25, 0.3) is 11.6 Å². The van der Waals surface area contributed by atoms with Gasteiger partial charge in [-0.2, -0.15) is 0 Å². The van der Waals surface area contributed by atoms with Crippen molar-refractivity contribution in [3.05, 3.63) is 74.8 Å². The van der Waals surface area contributed by atoms with Gasteiger partial charge in [0, 0.05) is 22.7 Å². The van der Waals surface area contributed by atoms with E-state index in [0.29, 0.717) is 16.1 Å². The van der Waals surface area contributed by atoms with Crippen LogP contribution in [-0.4, -0.2) is 22.7 Å². The lowest BCUT2D eigenvalue weighted by atomic mass is 10.0. The number of rotatable bonds is 3. The largest absolute Gasteiger partial charge is 0.296 e. The zero-order valence-corrected chi connectivity index (χ0v) is 14.1. The van der Waals surface area contributed by atoms with Crippen molar-refractivity contribution in [1.29, 1.82) is 0 Å². The average molecular weight is 373 g/mol. The number of halogens is 1.